The summed E-state index contributed by atoms with van der Waals surface area (Å²) >= 11 is 1.47. The molecule has 0 bridgehead atoms. The van der Waals surface area contributed by atoms with E-state index in [0.717, 1.165) is 41.9 Å². The Labute approximate surface area is 145 Å². The van der Waals surface area contributed by atoms with E-state index in [9.17, 15) is 9.59 Å². The van der Waals surface area contributed by atoms with Gasteiger partial charge in [-0.05, 0) is 29.9 Å². The maximum Gasteiger partial charge on any atom is 0.262 e. The van der Waals surface area contributed by atoms with Gasteiger partial charge in [0.15, 0.2) is 0 Å². The zero-order valence-electron chi connectivity index (χ0n) is 13.4. The highest BCUT2D eigenvalue weighted by Crippen LogP contribution is 2.28. The second-order valence-corrected chi connectivity index (χ2v) is 6.94. The lowest BCUT2D eigenvalue weighted by molar-refractivity contribution is -0.119. The molecule has 1 saturated heterocycles. The minimum Gasteiger partial charge on any atom is -0.369 e. The molecule has 0 radical (unpaired) electrons. The van der Waals surface area contributed by atoms with Crippen molar-refractivity contribution < 1.29 is 9.59 Å². The first kappa shape index (κ1) is 16.7. The van der Waals surface area contributed by atoms with Gasteiger partial charge in [-0.3, -0.25) is 14.5 Å². The fourth-order valence-electron chi connectivity index (χ4n) is 3.04. The van der Waals surface area contributed by atoms with Crippen molar-refractivity contribution >= 4 is 23.2 Å². The van der Waals surface area contributed by atoms with Crippen molar-refractivity contribution in [3.63, 3.8) is 0 Å². The number of nitrogens with one attached hydrogen (secondary N) is 1. The van der Waals surface area contributed by atoms with Gasteiger partial charge in [-0.1, -0.05) is 30.3 Å². The van der Waals surface area contributed by atoms with E-state index in [0.29, 0.717) is 6.54 Å². The number of hydrogen-bond acceptors (Lipinski definition) is 4. The maximum absolute atomic E-state index is 12.6. The monoisotopic (exact) mass is 343 g/mol. The highest BCUT2D eigenvalue weighted by Gasteiger charge is 2.23. The molecule has 1 aliphatic rings. The molecule has 1 aliphatic heterocycles. The molecule has 2 amide bonds. The molecule has 0 aliphatic carbocycles. The molecule has 3 N–H and O–H groups in total. The van der Waals surface area contributed by atoms with Crippen LogP contribution in [-0.2, 0) is 4.79 Å². The number of nitrogens with two attached hydrogens (primary N) is 1. The van der Waals surface area contributed by atoms with Crippen LogP contribution in [0.2, 0.25) is 0 Å². The molecule has 1 fully saturated rings. The van der Waals surface area contributed by atoms with E-state index in [1.807, 2.05) is 46.7 Å². The van der Waals surface area contributed by atoms with E-state index in [-0.39, 0.29) is 17.9 Å². The highest BCUT2D eigenvalue weighted by atomic mass is 32.1. The van der Waals surface area contributed by atoms with Crippen molar-refractivity contribution in [3.8, 4) is 11.1 Å². The number of amides is 2. The van der Waals surface area contributed by atoms with Crippen LogP contribution in [0.5, 0.6) is 0 Å². The number of hydrogen-bond donors (Lipinski definition) is 2. The highest BCUT2D eigenvalue weighted by molar-refractivity contribution is 7.12. The molecule has 0 saturated carbocycles. The number of benzene rings is 1. The lowest BCUT2D eigenvalue weighted by Gasteiger charge is -2.31. The largest absolute Gasteiger partial charge is 0.369 e. The summed E-state index contributed by atoms with van der Waals surface area (Å²) in [6, 6.07) is 12.1. The number of carbonyl (C=O) groups is 2. The molecule has 0 spiro atoms. The van der Waals surface area contributed by atoms with Crippen LogP contribution >= 0.6 is 11.3 Å². The first-order valence-corrected chi connectivity index (χ1v) is 8.96. The summed E-state index contributed by atoms with van der Waals surface area (Å²) in [5, 5.41) is 5.09. The molecule has 1 aromatic carbocycles. The maximum atomic E-state index is 12.6. The molecule has 0 unspecified atom stereocenters. The van der Waals surface area contributed by atoms with E-state index < -0.39 is 0 Å². The number of nitrogens with zero attached hydrogens (tertiary/aromatic N) is 1. The number of likely N-dealkylation sites (tertiary alicyclic amines) is 1. The van der Waals surface area contributed by atoms with E-state index in [1.54, 1.807) is 0 Å². The van der Waals surface area contributed by atoms with Crippen LogP contribution in [0.3, 0.4) is 0 Å². The lowest BCUT2D eigenvalue weighted by atomic mass is 10.0. The van der Waals surface area contributed by atoms with Gasteiger partial charge in [0, 0.05) is 24.7 Å². The van der Waals surface area contributed by atoms with Gasteiger partial charge in [0.2, 0.25) is 5.91 Å². The second-order valence-electron chi connectivity index (χ2n) is 6.02. The summed E-state index contributed by atoms with van der Waals surface area (Å²) in [5.74, 6) is -0.319. The number of thiophene rings is 1. The molecular formula is C18H21N3O2S. The predicted octanol–water partition coefficient (Wildman–Crippen LogP) is 2.09. The van der Waals surface area contributed by atoms with E-state index in [2.05, 4.69) is 5.32 Å². The zero-order valence-corrected chi connectivity index (χ0v) is 14.2. The van der Waals surface area contributed by atoms with Crippen molar-refractivity contribution in [1.82, 2.24) is 10.2 Å². The third-order valence-corrected chi connectivity index (χ3v) is 5.17. The van der Waals surface area contributed by atoms with Crippen LogP contribution in [0.4, 0.5) is 0 Å². The number of primary amides is 1. The third kappa shape index (κ3) is 4.01. The van der Waals surface area contributed by atoms with Gasteiger partial charge in [0.05, 0.1) is 11.4 Å². The topological polar surface area (TPSA) is 75.4 Å². The van der Waals surface area contributed by atoms with Gasteiger partial charge >= 0.3 is 0 Å². The van der Waals surface area contributed by atoms with Crippen molar-refractivity contribution in [3.05, 3.63) is 46.7 Å². The molecule has 2 heterocycles. The van der Waals surface area contributed by atoms with Crippen molar-refractivity contribution in [2.75, 3.05) is 19.6 Å². The molecule has 0 atom stereocenters. The summed E-state index contributed by atoms with van der Waals surface area (Å²) in [5.41, 5.74) is 7.26. The third-order valence-electron chi connectivity index (χ3n) is 4.26. The molecule has 126 valence electrons. The standard InChI is InChI=1S/C18H21N3O2S/c19-16(22)12-21-9-6-14(7-10-21)20-18(23)17-15(8-11-24-17)13-4-2-1-3-5-13/h1-5,8,11,14H,6-7,9-10,12H2,(H2,19,22)(H,20,23). The van der Waals surface area contributed by atoms with Crippen LogP contribution < -0.4 is 11.1 Å². The molecule has 2 aromatic rings. The fourth-order valence-corrected chi connectivity index (χ4v) is 3.86. The lowest BCUT2D eigenvalue weighted by Crippen LogP contribution is -2.46. The second kappa shape index (κ2) is 7.59. The smallest absolute Gasteiger partial charge is 0.262 e. The number of piperidine rings is 1. The summed E-state index contributed by atoms with van der Waals surface area (Å²) in [6.07, 6.45) is 1.68. The molecule has 24 heavy (non-hydrogen) atoms. The Hall–Kier alpha value is -2.18. The van der Waals surface area contributed by atoms with Crippen LogP contribution in [0.25, 0.3) is 11.1 Å². The predicted molar refractivity (Wildman–Crippen MR) is 95.9 cm³/mol. The Morgan fingerprint density at radius 1 is 1.17 bits per heavy atom. The van der Waals surface area contributed by atoms with Gasteiger partial charge in [-0.15, -0.1) is 11.3 Å². The minimum atomic E-state index is -0.302. The van der Waals surface area contributed by atoms with Gasteiger partial charge in [0.25, 0.3) is 5.91 Å². The van der Waals surface area contributed by atoms with Crippen LogP contribution in [-0.4, -0.2) is 42.4 Å². The van der Waals surface area contributed by atoms with Crippen molar-refractivity contribution in [2.24, 2.45) is 5.73 Å². The van der Waals surface area contributed by atoms with Gasteiger partial charge < -0.3 is 11.1 Å². The fraction of sp³-hybridized carbons (Fsp3) is 0.333. The zero-order chi connectivity index (χ0) is 16.9. The van der Waals surface area contributed by atoms with Gasteiger partial charge in [-0.2, -0.15) is 0 Å². The summed E-state index contributed by atoms with van der Waals surface area (Å²) in [6.45, 7) is 1.86. The van der Waals surface area contributed by atoms with Crippen molar-refractivity contribution in [2.45, 2.75) is 18.9 Å². The molecule has 3 rings (SSSR count). The Balaban J connectivity index is 1.61. The van der Waals surface area contributed by atoms with Crippen LogP contribution in [0.15, 0.2) is 41.8 Å². The van der Waals surface area contributed by atoms with E-state index in [4.69, 9.17) is 5.73 Å². The average Bonchev–Trinajstić information content (AvgIpc) is 3.07. The van der Waals surface area contributed by atoms with Gasteiger partial charge in [0.1, 0.15) is 0 Å². The number of rotatable bonds is 5. The molecule has 1 aromatic heterocycles. The van der Waals surface area contributed by atoms with E-state index in [1.165, 1.54) is 11.3 Å². The summed E-state index contributed by atoms with van der Waals surface area (Å²) in [7, 11) is 0. The summed E-state index contributed by atoms with van der Waals surface area (Å²) in [4.78, 5) is 26.4. The Morgan fingerprint density at radius 3 is 2.54 bits per heavy atom. The molecule has 6 heteroatoms. The first-order chi connectivity index (χ1) is 11.6. The Kier molecular flexibility index (Phi) is 5.27. The van der Waals surface area contributed by atoms with Gasteiger partial charge in [-0.25, -0.2) is 0 Å². The summed E-state index contributed by atoms with van der Waals surface area (Å²) < 4.78 is 0. The van der Waals surface area contributed by atoms with E-state index >= 15 is 0 Å². The molecule has 5 nitrogen and oxygen atoms in total. The quantitative estimate of drug-likeness (QED) is 0.873. The Bertz CT molecular complexity index is 706. The van der Waals surface area contributed by atoms with Crippen molar-refractivity contribution in [1.29, 1.82) is 0 Å². The van der Waals surface area contributed by atoms with Crippen LogP contribution in [0.1, 0.15) is 22.5 Å². The first-order valence-electron chi connectivity index (χ1n) is 8.08. The average molecular weight is 343 g/mol. The normalized spacial score (nSPS) is 16.0. The SMILES string of the molecule is NC(=O)CN1CCC(NC(=O)c2sccc2-c2ccccc2)CC1. The molecular weight excluding hydrogens is 322 g/mol. The number of carbonyl (C=O) groups excluding carboxylic acids is 2. The van der Waals surface area contributed by atoms with Crippen LogP contribution in [0, 0.1) is 0 Å². The Morgan fingerprint density at radius 2 is 1.88 bits per heavy atom. The minimum absolute atomic E-state index is 0.0165.